The van der Waals surface area contributed by atoms with Gasteiger partial charge in [-0.05, 0) is 37.8 Å². The van der Waals surface area contributed by atoms with E-state index in [9.17, 15) is 13.5 Å². The zero-order chi connectivity index (χ0) is 22.9. The van der Waals surface area contributed by atoms with Gasteiger partial charge in [-0.2, -0.15) is 0 Å². The number of aliphatic hydroxyl groups is 1. The molecule has 3 aromatic rings. The minimum atomic E-state index is -3.54. The van der Waals surface area contributed by atoms with E-state index < -0.39 is 10.0 Å². The van der Waals surface area contributed by atoms with Gasteiger partial charge in [0.2, 0.25) is 16.0 Å². The van der Waals surface area contributed by atoms with E-state index in [0.717, 1.165) is 31.9 Å². The van der Waals surface area contributed by atoms with E-state index in [1.807, 2.05) is 0 Å². The molecule has 0 amide bonds. The lowest BCUT2D eigenvalue weighted by atomic mass is 9.93. The summed E-state index contributed by atoms with van der Waals surface area (Å²) in [6.45, 7) is 0. The van der Waals surface area contributed by atoms with Crippen LogP contribution >= 0.6 is 23.2 Å². The Balaban J connectivity index is 1.60. The molecule has 10 nitrogen and oxygen atoms in total. The maximum Gasteiger partial charge on any atom is 0.229 e. The zero-order valence-corrected chi connectivity index (χ0v) is 19.3. The molecule has 32 heavy (non-hydrogen) atoms. The summed E-state index contributed by atoms with van der Waals surface area (Å²) < 4.78 is 25.3. The van der Waals surface area contributed by atoms with Crippen molar-refractivity contribution in [1.29, 1.82) is 0 Å². The Bertz CT molecular complexity index is 1230. The lowest BCUT2D eigenvalue weighted by Crippen LogP contribution is -2.28. The van der Waals surface area contributed by atoms with E-state index in [4.69, 9.17) is 23.2 Å². The Hall–Kier alpha value is -2.47. The summed E-state index contributed by atoms with van der Waals surface area (Å²) in [5.74, 6) is 0.857. The van der Waals surface area contributed by atoms with Gasteiger partial charge in [0.25, 0.3) is 0 Å². The molecule has 1 aromatic carbocycles. The number of halogens is 2. The molecule has 0 unspecified atom stereocenters. The summed E-state index contributed by atoms with van der Waals surface area (Å²) in [7, 11) is -3.54. The van der Waals surface area contributed by atoms with Crippen LogP contribution in [0.5, 0.6) is 0 Å². The number of rotatable bonds is 6. The third-order valence-electron chi connectivity index (χ3n) is 5.00. The SMILES string of the molecule is CS(=O)(=O)Nc1c(Cl)cc(Nc2ncnc3cnc(NC4CCC(O)CC4)nc23)cc1Cl. The van der Waals surface area contributed by atoms with Crippen molar-refractivity contribution in [3.63, 3.8) is 0 Å². The average Bonchev–Trinajstić information content (AvgIpc) is 2.72. The van der Waals surface area contributed by atoms with E-state index >= 15 is 0 Å². The first-order valence-corrected chi connectivity index (χ1v) is 12.5. The minimum Gasteiger partial charge on any atom is -0.393 e. The van der Waals surface area contributed by atoms with Crippen LogP contribution in [0.25, 0.3) is 11.0 Å². The van der Waals surface area contributed by atoms with Crippen LogP contribution in [0.3, 0.4) is 0 Å². The van der Waals surface area contributed by atoms with Crippen LogP contribution in [0.15, 0.2) is 24.7 Å². The Labute approximate surface area is 194 Å². The molecule has 1 aliphatic rings. The summed E-state index contributed by atoms with van der Waals surface area (Å²) in [4.78, 5) is 17.4. The highest BCUT2D eigenvalue weighted by Crippen LogP contribution is 2.35. The van der Waals surface area contributed by atoms with Crippen LogP contribution in [0.4, 0.5) is 23.1 Å². The van der Waals surface area contributed by atoms with E-state index in [1.54, 1.807) is 6.20 Å². The normalized spacial score (nSPS) is 19.0. The van der Waals surface area contributed by atoms with E-state index in [1.165, 1.54) is 18.5 Å². The third-order valence-corrected chi connectivity index (χ3v) is 6.17. The van der Waals surface area contributed by atoms with Crippen molar-refractivity contribution < 1.29 is 13.5 Å². The molecule has 4 rings (SSSR count). The standard InChI is InChI=1S/C19H21Cl2N7O3S/c1-32(30,31)28-16-13(20)6-11(7-14(16)21)25-18-17-15(23-9-24-18)8-22-19(27-17)26-10-2-4-12(29)5-3-10/h6-10,12,28-29H,2-5H2,1H3,(H,22,26,27)(H,23,24,25). The van der Waals surface area contributed by atoms with Crippen LogP contribution in [0.2, 0.25) is 10.0 Å². The van der Waals surface area contributed by atoms with Gasteiger partial charge < -0.3 is 15.7 Å². The molecule has 1 aliphatic carbocycles. The first kappa shape index (κ1) is 22.7. The molecule has 1 saturated carbocycles. The Morgan fingerprint density at radius 3 is 2.41 bits per heavy atom. The van der Waals surface area contributed by atoms with Gasteiger partial charge in [0, 0.05) is 11.7 Å². The molecule has 2 heterocycles. The summed E-state index contributed by atoms with van der Waals surface area (Å²) in [6, 6.07) is 3.25. The second-order valence-corrected chi connectivity index (χ2v) is 10.2. The highest BCUT2D eigenvalue weighted by atomic mass is 35.5. The summed E-state index contributed by atoms with van der Waals surface area (Å²) >= 11 is 12.5. The summed E-state index contributed by atoms with van der Waals surface area (Å²) in [5.41, 5.74) is 1.62. The van der Waals surface area contributed by atoms with Crippen LogP contribution in [0, 0.1) is 0 Å². The minimum absolute atomic E-state index is 0.0975. The van der Waals surface area contributed by atoms with Crippen LogP contribution in [-0.2, 0) is 10.0 Å². The molecule has 0 aliphatic heterocycles. The predicted molar refractivity (Wildman–Crippen MR) is 125 cm³/mol. The van der Waals surface area contributed by atoms with Crippen LogP contribution in [0.1, 0.15) is 25.7 Å². The fourth-order valence-corrected chi connectivity index (χ4v) is 4.77. The van der Waals surface area contributed by atoms with E-state index in [0.29, 0.717) is 28.5 Å². The molecule has 4 N–H and O–H groups in total. The Kier molecular flexibility index (Phi) is 6.52. The lowest BCUT2D eigenvalue weighted by molar-refractivity contribution is 0.126. The molecule has 0 bridgehead atoms. The van der Waals surface area contributed by atoms with Crippen molar-refractivity contribution in [2.75, 3.05) is 21.6 Å². The highest BCUT2D eigenvalue weighted by Gasteiger charge is 2.20. The second-order valence-electron chi connectivity index (χ2n) is 7.61. The van der Waals surface area contributed by atoms with Gasteiger partial charge in [-0.3, -0.25) is 4.72 Å². The molecule has 0 radical (unpaired) electrons. The molecular weight excluding hydrogens is 477 g/mol. The number of hydrogen-bond donors (Lipinski definition) is 4. The number of aromatic nitrogens is 4. The third kappa shape index (κ3) is 5.47. The monoisotopic (exact) mass is 497 g/mol. The van der Waals surface area contributed by atoms with Crippen LogP contribution in [-0.4, -0.2) is 51.9 Å². The highest BCUT2D eigenvalue weighted by molar-refractivity contribution is 7.92. The molecule has 2 aromatic heterocycles. The molecule has 170 valence electrons. The number of nitrogens with zero attached hydrogens (tertiary/aromatic N) is 4. The van der Waals surface area contributed by atoms with Gasteiger partial charge >= 0.3 is 0 Å². The van der Waals surface area contributed by atoms with Crippen LogP contribution < -0.4 is 15.4 Å². The lowest BCUT2D eigenvalue weighted by Gasteiger charge is -2.26. The smallest absolute Gasteiger partial charge is 0.229 e. The van der Waals surface area contributed by atoms with Crippen molar-refractivity contribution >= 4 is 67.4 Å². The van der Waals surface area contributed by atoms with Crippen molar-refractivity contribution in [3.05, 3.63) is 34.7 Å². The molecule has 1 fully saturated rings. The average molecular weight is 498 g/mol. The summed E-state index contributed by atoms with van der Waals surface area (Å²) in [5, 5.41) is 16.4. The number of fused-ring (bicyclic) bond motifs is 1. The van der Waals surface area contributed by atoms with E-state index in [2.05, 4.69) is 35.3 Å². The van der Waals surface area contributed by atoms with Gasteiger partial charge in [-0.15, -0.1) is 0 Å². The molecule has 0 spiro atoms. The molecule has 0 atom stereocenters. The van der Waals surface area contributed by atoms with Crippen molar-refractivity contribution in [2.45, 2.75) is 37.8 Å². The van der Waals surface area contributed by atoms with Crippen molar-refractivity contribution in [1.82, 2.24) is 19.9 Å². The van der Waals surface area contributed by atoms with Gasteiger partial charge in [0.15, 0.2) is 5.82 Å². The first-order chi connectivity index (χ1) is 15.2. The Morgan fingerprint density at radius 2 is 1.75 bits per heavy atom. The number of anilines is 4. The quantitative estimate of drug-likeness (QED) is 0.401. The number of sulfonamides is 1. The maximum atomic E-state index is 11.5. The maximum absolute atomic E-state index is 11.5. The molecule has 13 heteroatoms. The Morgan fingerprint density at radius 1 is 1.06 bits per heavy atom. The number of nitrogens with one attached hydrogen (secondary N) is 3. The van der Waals surface area contributed by atoms with Gasteiger partial charge in [-0.25, -0.2) is 28.4 Å². The molecular formula is C19H21Cl2N7O3S. The first-order valence-electron chi connectivity index (χ1n) is 9.84. The molecule has 0 saturated heterocycles. The number of aliphatic hydroxyl groups excluding tert-OH is 1. The summed E-state index contributed by atoms with van der Waals surface area (Å²) in [6.07, 6.45) is 6.92. The fourth-order valence-electron chi connectivity index (χ4n) is 3.48. The number of hydrogen-bond acceptors (Lipinski definition) is 9. The predicted octanol–water partition coefficient (Wildman–Crippen LogP) is 3.56. The van der Waals surface area contributed by atoms with Crippen molar-refractivity contribution in [3.8, 4) is 0 Å². The van der Waals surface area contributed by atoms with E-state index in [-0.39, 0.29) is 27.9 Å². The van der Waals surface area contributed by atoms with Gasteiger partial charge in [-0.1, -0.05) is 23.2 Å². The largest absolute Gasteiger partial charge is 0.393 e. The topological polar surface area (TPSA) is 142 Å². The fraction of sp³-hybridized carbons (Fsp3) is 0.368. The van der Waals surface area contributed by atoms with Gasteiger partial charge in [0.1, 0.15) is 17.4 Å². The van der Waals surface area contributed by atoms with Gasteiger partial charge in [0.05, 0.1) is 34.3 Å². The van der Waals surface area contributed by atoms with Crippen molar-refractivity contribution in [2.24, 2.45) is 0 Å². The zero-order valence-electron chi connectivity index (χ0n) is 17.0. The number of benzene rings is 1. The second kappa shape index (κ2) is 9.18.